The molecule has 0 radical (unpaired) electrons. The number of ether oxygens (including phenoxy) is 2. The van der Waals surface area contributed by atoms with E-state index in [2.05, 4.69) is 0 Å². The topological polar surface area (TPSA) is 21.8 Å². The van der Waals surface area contributed by atoms with Gasteiger partial charge in [-0.1, -0.05) is 7.43 Å². The van der Waals surface area contributed by atoms with Crippen molar-refractivity contribution in [1.82, 2.24) is 0 Å². The summed E-state index contributed by atoms with van der Waals surface area (Å²) in [5.41, 5.74) is 0. The van der Waals surface area contributed by atoms with Crippen molar-refractivity contribution in [1.29, 1.82) is 0 Å². The first kappa shape index (κ1) is 8.92. The van der Waals surface area contributed by atoms with Crippen LogP contribution in [0.4, 0.5) is 0 Å². The van der Waals surface area contributed by atoms with Crippen LogP contribution in [0.1, 0.15) is 21.3 Å². The molecule has 2 heteroatoms. The lowest BCUT2D eigenvalue weighted by Gasteiger charge is -2.02. The summed E-state index contributed by atoms with van der Waals surface area (Å²) in [6.45, 7) is 5.73. The van der Waals surface area contributed by atoms with Gasteiger partial charge in [-0.25, -0.2) is 0 Å². The van der Waals surface area contributed by atoms with Gasteiger partial charge in [0.05, 0.1) is 19.3 Å². The lowest BCUT2D eigenvalue weighted by molar-refractivity contribution is 0.0662. The fourth-order valence-electron chi connectivity index (χ4n) is 0.464. The maximum Gasteiger partial charge on any atom is 0.104 e. The lowest BCUT2D eigenvalue weighted by atomic mass is 10.4. The average Bonchev–Trinajstić information content (AvgIpc) is 2.41. The van der Waals surface area contributed by atoms with E-state index >= 15 is 0 Å². The van der Waals surface area contributed by atoms with Crippen LogP contribution in [0.25, 0.3) is 0 Å². The fourth-order valence-corrected chi connectivity index (χ4v) is 0.464. The molecule has 1 saturated heterocycles. The van der Waals surface area contributed by atoms with E-state index in [0.717, 1.165) is 13.2 Å². The van der Waals surface area contributed by atoms with Gasteiger partial charge in [0.25, 0.3) is 0 Å². The molecule has 1 unspecified atom stereocenters. The number of hydrogen-bond donors (Lipinski definition) is 0. The predicted octanol–water partition coefficient (Wildman–Crippen LogP) is 1.45. The summed E-state index contributed by atoms with van der Waals surface area (Å²) in [7, 11) is 0. The Balaban J connectivity index is 0.000000640. The Morgan fingerprint density at radius 2 is 2.22 bits per heavy atom. The summed E-state index contributed by atoms with van der Waals surface area (Å²) in [5.74, 6) is 0. The normalized spacial score (nSPS) is 23.7. The number of epoxide rings is 1. The van der Waals surface area contributed by atoms with Gasteiger partial charge in [0.15, 0.2) is 0 Å². The largest absolute Gasteiger partial charge is 0.376 e. The van der Waals surface area contributed by atoms with Crippen LogP contribution in [-0.2, 0) is 9.47 Å². The zero-order valence-corrected chi connectivity index (χ0v) is 5.39. The van der Waals surface area contributed by atoms with Gasteiger partial charge in [-0.3, -0.25) is 0 Å². The second-order valence-corrected chi connectivity index (χ2v) is 2.34. The monoisotopic (exact) mass is 132 g/mol. The Bertz CT molecular complexity index is 65.3. The third kappa shape index (κ3) is 4.43. The third-order valence-corrected chi connectivity index (χ3v) is 1.02. The van der Waals surface area contributed by atoms with Crippen LogP contribution < -0.4 is 0 Å². The van der Waals surface area contributed by atoms with E-state index in [1.807, 2.05) is 13.8 Å². The minimum atomic E-state index is 0. The Kier molecular flexibility index (Phi) is 3.82. The maximum atomic E-state index is 5.24. The molecule has 56 valence electrons. The van der Waals surface area contributed by atoms with E-state index in [1.54, 1.807) is 0 Å². The second kappa shape index (κ2) is 3.85. The van der Waals surface area contributed by atoms with Crippen LogP contribution in [0.5, 0.6) is 0 Å². The van der Waals surface area contributed by atoms with Gasteiger partial charge in [-0.15, -0.1) is 0 Å². The van der Waals surface area contributed by atoms with Gasteiger partial charge in [-0.2, -0.15) is 0 Å². The minimum absolute atomic E-state index is 0. The highest BCUT2D eigenvalue weighted by Crippen LogP contribution is 2.09. The molecule has 0 spiro atoms. The highest BCUT2D eigenvalue weighted by Gasteiger charge is 2.22. The molecule has 1 atom stereocenters. The molecule has 0 amide bonds. The molecule has 1 aliphatic rings. The number of rotatable bonds is 3. The molecule has 1 heterocycles. The Labute approximate surface area is 57.2 Å². The Morgan fingerprint density at radius 1 is 1.67 bits per heavy atom. The summed E-state index contributed by atoms with van der Waals surface area (Å²) in [4.78, 5) is 0. The maximum absolute atomic E-state index is 5.24. The first-order chi connectivity index (χ1) is 3.79. The number of hydrogen-bond acceptors (Lipinski definition) is 2. The zero-order chi connectivity index (χ0) is 5.98. The quantitative estimate of drug-likeness (QED) is 0.542. The minimum Gasteiger partial charge on any atom is -0.376 e. The van der Waals surface area contributed by atoms with Crippen molar-refractivity contribution in [3.63, 3.8) is 0 Å². The lowest BCUT2D eigenvalue weighted by Crippen LogP contribution is -2.07. The van der Waals surface area contributed by atoms with Crippen molar-refractivity contribution in [3.05, 3.63) is 0 Å². The summed E-state index contributed by atoms with van der Waals surface area (Å²) >= 11 is 0. The van der Waals surface area contributed by atoms with Crippen LogP contribution >= 0.6 is 0 Å². The van der Waals surface area contributed by atoms with E-state index in [1.165, 1.54) is 0 Å². The standard InChI is InChI=1S/C6H12O2.CH4/c1-5(2)7-3-6-4-8-6;/h5-6H,3-4H2,1-2H3;1H4. The van der Waals surface area contributed by atoms with E-state index in [9.17, 15) is 0 Å². The molecule has 0 aromatic carbocycles. The van der Waals surface area contributed by atoms with Gasteiger partial charge in [0.1, 0.15) is 6.10 Å². The summed E-state index contributed by atoms with van der Waals surface area (Å²) in [6, 6.07) is 0. The highest BCUT2D eigenvalue weighted by atomic mass is 16.6. The van der Waals surface area contributed by atoms with Gasteiger partial charge >= 0.3 is 0 Å². The second-order valence-electron chi connectivity index (χ2n) is 2.34. The van der Waals surface area contributed by atoms with Crippen molar-refractivity contribution < 1.29 is 9.47 Å². The van der Waals surface area contributed by atoms with Gasteiger partial charge in [0, 0.05) is 0 Å². The molecule has 1 aliphatic heterocycles. The molecule has 0 N–H and O–H groups in total. The summed E-state index contributed by atoms with van der Waals surface area (Å²) in [5, 5.41) is 0. The first-order valence-electron chi connectivity index (χ1n) is 3.02. The Hall–Kier alpha value is -0.0800. The van der Waals surface area contributed by atoms with Crippen LogP contribution in [0, 0.1) is 0 Å². The van der Waals surface area contributed by atoms with E-state index in [-0.39, 0.29) is 7.43 Å². The van der Waals surface area contributed by atoms with Gasteiger partial charge < -0.3 is 9.47 Å². The van der Waals surface area contributed by atoms with Crippen molar-refractivity contribution in [2.45, 2.75) is 33.5 Å². The molecule has 0 aromatic rings. The molecule has 0 aromatic heterocycles. The van der Waals surface area contributed by atoms with Crippen molar-refractivity contribution in [2.24, 2.45) is 0 Å². The third-order valence-electron chi connectivity index (χ3n) is 1.02. The van der Waals surface area contributed by atoms with Crippen LogP contribution in [0.2, 0.25) is 0 Å². The van der Waals surface area contributed by atoms with E-state index in [0.29, 0.717) is 12.2 Å². The van der Waals surface area contributed by atoms with Crippen LogP contribution in [-0.4, -0.2) is 25.4 Å². The summed E-state index contributed by atoms with van der Waals surface area (Å²) in [6.07, 6.45) is 0.761. The fraction of sp³-hybridized carbons (Fsp3) is 1.00. The summed E-state index contributed by atoms with van der Waals surface area (Å²) < 4.78 is 10.2. The van der Waals surface area contributed by atoms with Gasteiger partial charge in [-0.05, 0) is 13.8 Å². The molecule has 1 fully saturated rings. The van der Waals surface area contributed by atoms with Crippen molar-refractivity contribution in [3.8, 4) is 0 Å². The molecule has 1 rings (SSSR count). The van der Waals surface area contributed by atoms with Crippen molar-refractivity contribution >= 4 is 0 Å². The Morgan fingerprint density at radius 3 is 2.56 bits per heavy atom. The molecule has 0 bridgehead atoms. The van der Waals surface area contributed by atoms with Gasteiger partial charge in [0.2, 0.25) is 0 Å². The van der Waals surface area contributed by atoms with E-state index < -0.39 is 0 Å². The highest BCUT2D eigenvalue weighted by molar-refractivity contribution is 4.67. The molecule has 0 aliphatic carbocycles. The molecule has 9 heavy (non-hydrogen) atoms. The first-order valence-corrected chi connectivity index (χ1v) is 3.02. The predicted molar refractivity (Wildman–Crippen MR) is 37.6 cm³/mol. The average molecular weight is 132 g/mol. The van der Waals surface area contributed by atoms with Crippen LogP contribution in [0.3, 0.4) is 0 Å². The molecular weight excluding hydrogens is 116 g/mol. The molecule has 0 saturated carbocycles. The van der Waals surface area contributed by atoms with E-state index in [4.69, 9.17) is 9.47 Å². The molecular formula is C7H16O2. The smallest absolute Gasteiger partial charge is 0.104 e. The van der Waals surface area contributed by atoms with Crippen LogP contribution in [0.15, 0.2) is 0 Å². The zero-order valence-electron chi connectivity index (χ0n) is 5.39. The SMILES string of the molecule is C.CC(C)OCC1CO1. The molecule has 2 nitrogen and oxygen atoms in total. The van der Waals surface area contributed by atoms with Crippen molar-refractivity contribution in [2.75, 3.05) is 13.2 Å².